The predicted molar refractivity (Wildman–Crippen MR) is 56.9 cm³/mol. The van der Waals surface area contributed by atoms with Crippen LogP contribution in [-0.2, 0) is 4.79 Å². The average molecular weight is 217 g/mol. The largest absolute Gasteiger partial charge is 0.481 e. The third kappa shape index (κ3) is 1.82. The van der Waals surface area contributed by atoms with Gasteiger partial charge in [0.15, 0.2) is 0 Å². The van der Waals surface area contributed by atoms with Gasteiger partial charge in [-0.15, -0.1) is 0 Å². The van der Waals surface area contributed by atoms with Crippen LogP contribution in [-0.4, -0.2) is 24.5 Å². The van der Waals surface area contributed by atoms with Gasteiger partial charge in [0.25, 0.3) is 0 Å². The lowest BCUT2D eigenvalue weighted by Crippen LogP contribution is -2.24. The molecule has 0 radical (unpaired) electrons. The number of nitrogens with zero attached hydrogens (tertiary/aromatic N) is 3. The van der Waals surface area contributed by atoms with Crippen LogP contribution in [0.4, 0.5) is 5.69 Å². The topological polar surface area (TPSA) is 66.2 Å². The van der Waals surface area contributed by atoms with Gasteiger partial charge in [0.05, 0.1) is 31.0 Å². The minimum absolute atomic E-state index is 0.0292. The first-order valence-corrected chi connectivity index (χ1v) is 4.94. The number of aromatic nitrogens is 1. The van der Waals surface area contributed by atoms with Crippen LogP contribution in [0.1, 0.15) is 6.42 Å². The minimum atomic E-state index is -0.213. The molecule has 0 N–H and O–H groups in total. The Morgan fingerprint density at radius 1 is 1.62 bits per heavy atom. The number of amides is 1. The van der Waals surface area contributed by atoms with Crippen molar-refractivity contribution in [3.8, 4) is 11.9 Å². The number of hydrogen-bond donors (Lipinski definition) is 0. The van der Waals surface area contributed by atoms with Crippen molar-refractivity contribution in [2.75, 3.05) is 18.6 Å². The van der Waals surface area contributed by atoms with Crippen LogP contribution in [0, 0.1) is 17.2 Å². The molecule has 5 heteroatoms. The van der Waals surface area contributed by atoms with Gasteiger partial charge in [0, 0.05) is 19.0 Å². The molecule has 0 bridgehead atoms. The predicted octanol–water partition coefficient (Wildman–Crippen LogP) is 0.967. The van der Waals surface area contributed by atoms with Gasteiger partial charge in [-0.2, -0.15) is 5.26 Å². The number of ether oxygens (including phenoxy) is 1. The molecule has 1 aromatic rings. The van der Waals surface area contributed by atoms with Crippen molar-refractivity contribution in [3.63, 3.8) is 0 Å². The number of methoxy groups -OCH3 is 1. The fraction of sp³-hybridized carbons (Fsp3) is 0.364. The Morgan fingerprint density at radius 2 is 2.44 bits per heavy atom. The van der Waals surface area contributed by atoms with Crippen LogP contribution in [0.2, 0.25) is 0 Å². The first-order chi connectivity index (χ1) is 7.74. The number of carbonyl (C=O) groups excluding carboxylic acids is 1. The SMILES string of the molecule is COc1ccc(N2CC(C#N)CC2=O)cn1. The summed E-state index contributed by atoms with van der Waals surface area (Å²) in [5, 5.41) is 8.77. The lowest BCUT2D eigenvalue weighted by atomic mass is 10.1. The van der Waals surface area contributed by atoms with Gasteiger partial charge in [-0.05, 0) is 6.07 Å². The molecule has 16 heavy (non-hydrogen) atoms. The highest BCUT2D eigenvalue weighted by molar-refractivity contribution is 5.95. The maximum Gasteiger partial charge on any atom is 0.228 e. The fourth-order valence-corrected chi connectivity index (χ4v) is 1.70. The molecule has 1 atom stereocenters. The summed E-state index contributed by atoms with van der Waals surface area (Å²) < 4.78 is 4.93. The number of rotatable bonds is 2. The zero-order valence-corrected chi connectivity index (χ0v) is 8.88. The van der Waals surface area contributed by atoms with E-state index in [9.17, 15) is 4.79 Å². The van der Waals surface area contributed by atoms with E-state index in [1.807, 2.05) is 0 Å². The van der Waals surface area contributed by atoms with E-state index in [1.54, 1.807) is 23.2 Å². The van der Waals surface area contributed by atoms with Crippen molar-refractivity contribution < 1.29 is 9.53 Å². The Bertz CT molecular complexity index is 436. The molecule has 1 aliphatic rings. The maximum atomic E-state index is 11.6. The number of hydrogen-bond acceptors (Lipinski definition) is 4. The zero-order chi connectivity index (χ0) is 11.5. The van der Waals surface area contributed by atoms with E-state index in [2.05, 4.69) is 11.1 Å². The summed E-state index contributed by atoms with van der Waals surface area (Å²) in [4.78, 5) is 17.2. The monoisotopic (exact) mass is 217 g/mol. The summed E-state index contributed by atoms with van der Waals surface area (Å²) in [6, 6.07) is 5.57. The zero-order valence-electron chi connectivity index (χ0n) is 8.88. The van der Waals surface area contributed by atoms with Crippen molar-refractivity contribution in [1.82, 2.24) is 4.98 Å². The normalized spacial score (nSPS) is 19.6. The highest BCUT2D eigenvalue weighted by Gasteiger charge is 2.30. The molecule has 1 amide bonds. The number of carbonyl (C=O) groups is 1. The van der Waals surface area contributed by atoms with Crippen molar-refractivity contribution in [1.29, 1.82) is 5.26 Å². The van der Waals surface area contributed by atoms with E-state index in [0.717, 1.165) is 0 Å². The van der Waals surface area contributed by atoms with Gasteiger partial charge in [-0.1, -0.05) is 0 Å². The van der Waals surface area contributed by atoms with E-state index >= 15 is 0 Å². The Balaban J connectivity index is 2.18. The van der Waals surface area contributed by atoms with Crippen LogP contribution in [0.3, 0.4) is 0 Å². The molecule has 1 unspecified atom stereocenters. The molecule has 1 aliphatic heterocycles. The number of pyridine rings is 1. The lowest BCUT2D eigenvalue weighted by molar-refractivity contribution is -0.117. The Kier molecular flexibility index (Phi) is 2.73. The van der Waals surface area contributed by atoms with E-state index in [-0.39, 0.29) is 11.8 Å². The minimum Gasteiger partial charge on any atom is -0.481 e. The van der Waals surface area contributed by atoms with E-state index in [1.165, 1.54) is 7.11 Å². The molecule has 0 spiro atoms. The second kappa shape index (κ2) is 4.19. The standard InChI is InChI=1S/C11H11N3O2/c1-16-10-3-2-9(6-13-10)14-7-8(5-12)4-11(14)15/h2-3,6,8H,4,7H2,1H3. The molecular formula is C11H11N3O2. The number of anilines is 1. The first-order valence-electron chi connectivity index (χ1n) is 4.94. The molecule has 0 saturated carbocycles. The molecule has 2 rings (SSSR count). The average Bonchev–Trinajstić information content (AvgIpc) is 2.71. The van der Waals surface area contributed by atoms with Crippen molar-refractivity contribution in [3.05, 3.63) is 18.3 Å². The fourth-order valence-electron chi connectivity index (χ4n) is 1.70. The van der Waals surface area contributed by atoms with Gasteiger partial charge >= 0.3 is 0 Å². The second-order valence-corrected chi connectivity index (χ2v) is 3.59. The summed E-state index contributed by atoms with van der Waals surface area (Å²) in [5.74, 6) is 0.264. The van der Waals surface area contributed by atoms with E-state index in [4.69, 9.17) is 10.00 Å². The molecule has 1 aromatic heterocycles. The molecule has 0 aliphatic carbocycles. The first kappa shape index (κ1) is 10.4. The summed E-state index contributed by atoms with van der Waals surface area (Å²) in [7, 11) is 1.54. The van der Waals surface area contributed by atoms with Crippen molar-refractivity contribution >= 4 is 11.6 Å². The van der Waals surface area contributed by atoms with Crippen LogP contribution >= 0.6 is 0 Å². The van der Waals surface area contributed by atoms with Crippen LogP contribution in [0.25, 0.3) is 0 Å². The second-order valence-electron chi connectivity index (χ2n) is 3.59. The molecular weight excluding hydrogens is 206 g/mol. The van der Waals surface area contributed by atoms with Gasteiger partial charge in [0.1, 0.15) is 0 Å². The Hall–Kier alpha value is -2.09. The smallest absolute Gasteiger partial charge is 0.228 e. The molecule has 1 saturated heterocycles. The van der Waals surface area contributed by atoms with Gasteiger partial charge in [-0.3, -0.25) is 4.79 Å². The van der Waals surface area contributed by atoms with Crippen molar-refractivity contribution in [2.24, 2.45) is 5.92 Å². The summed E-state index contributed by atoms with van der Waals surface area (Å²) in [6.45, 7) is 0.448. The Morgan fingerprint density at radius 3 is 2.94 bits per heavy atom. The van der Waals surface area contributed by atoms with E-state index < -0.39 is 0 Å². The third-order valence-electron chi connectivity index (χ3n) is 2.55. The summed E-state index contributed by atoms with van der Waals surface area (Å²) in [6.07, 6.45) is 1.87. The van der Waals surface area contributed by atoms with Crippen LogP contribution in [0.5, 0.6) is 5.88 Å². The molecule has 82 valence electrons. The van der Waals surface area contributed by atoms with Crippen LogP contribution < -0.4 is 9.64 Å². The summed E-state index contributed by atoms with van der Waals surface area (Å²) in [5.41, 5.74) is 0.712. The van der Waals surface area contributed by atoms with E-state index in [0.29, 0.717) is 24.5 Å². The van der Waals surface area contributed by atoms with Gasteiger partial charge < -0.3 is 9.64 Å². The summed E-state index contributed by atoms with van der Waals surface area (Å²) >= 11 is 0. The molecule has 5 nitrogen and oxygen atoms in total. The number of nitriles is 1. The molecule has 2 heterocycles. The van der Waals surface area contributed by atoms with Crippen LogP contribution in [0.15, 0.2) is 18.3 Å². The quantitative estimate of drug-likeness (QED) is 0.740. The molecule has 0 aromatic carbocycles. The lowest BCUT2D eigenvalue weighted by Gasteiger charge is -2.15. The van der Waals surface area contributed by atoms with Crippen molar-refractivity contribution in [2.45, 2.75) is 6.42 Å². The van der Waals surface area contributed by atoms with Gasteiger partial charge in [0.2, 0.25) is 11.8 Å². The Labute approximate surface area is 93.3 Å². The maximum absolute atomic E-state index is 11.6. The highest BCUT2D eigenvalue weighted by Crippen LogP contribution is 2.24. The highest BCUT2D eigenvalue weighted by atomic mass is 16.5. The molecule has 1 fully saturated rings. The van der Waals surface area contributed by atoms with Gasteiger partial charge in [-0.25, -0.2) is 4.98 Å². The third-order valence-corrected chi connectivity index (χ3v) is 2.55.